The van der Waals surface area contributed by atoms with Crippen molar-refractivity contribution in [2.24, 2.45) is 11.8 Å². The molecule has 0 unspecified atom stereocenters. The maximum Gasteiger partial charge on any atom is 0.246 e. The second-order valence-electron chi connectivity index (χ2n) is 12.4. The molecule has 2 N–H and O–H groups in total. The summed E-state index contributed by atoms with van der Waals surface area (Å²) in [5.74, 6) is -1.90. The van der Waals surface area contributed by atoms with Crippen LogP contribution in [0.2, 0.25) is 0 Å². The molecule has 1 aliphatic carbocycles. The zero-order chi connectivity index (χ0) is 28.6. The number of thioether (sulfide) groups is 1. The van der Waals surface area contributed by atoms with Crippen molar-refractivity contribution >= 4 is 35.2 Å². The van der Waals surface area contributed by atoms with E-state index >= 15 is 0 Å². The number of piperidine rings is 1. The van der Waals surface area contributed by atoms with Crippen molar-refractivity contribution in [2.45, 2.75) is 99.4 Å². The summed E-state index contributed by atoms with van der Waals surface area (Å²) >= 11 is 1.61. The fourth-order valence-electron chi connectivity index (χ4n) is 8.01. The van der Waals surface area contributed by atoms with Gasteiger partial charge in [-0.2, -0.15) is 0 Å². The molecule has 5 aliphatic rings. The molecule has 4 aliphatic heterocycles. The fourth-order valence-corrected chi connectivity index (χ4v) is 8.47. The number of ether oxygens (including phenoxy) is 1. The van der Waals surface area contributed by atoms with Crippen molar-refractivity contribution in [2.75, 3.05) is 31.2 Å². The fraction of sp³-hybridized carbons (Fsp3) is 0.656. The van der Waals surface area contributed by atoms with E-state index in [9.17, 15) is 14.4 Å². The van der Waals surface area contributed by atoms with Gasteiger partial charge in [-0.3, -0.25) is 19.3 Å². The normalized spacial score (nSPS) is 33.3. The number of nitrogens with zero attached hydrogens (tertiary/aromatic N) is 2. The van der Waals surface area contributed by atoms with Crippen molar-refractivity contribution in [3.8, 4) is 0 Å². The Balaban J connectivity index is 1.27. The number of likely N-dealkylation sites (tertiary alicyclic amines) is 2. The smallest absolute Gasteiger partial charge is 0.246 e. The summed E-state index contributed by atoms with van der Waals surface area (Å²) in [5, 5.41) is 6.34. The third kappa shape index (κ3) is 5.34. The molecule has 6 rings (SSSR count). The molecule has 1 aromatic rings. The lowest BCUT2D eigenvalue weighted by molar-refractivity contribution is -0.141. The average Bonchev–Trinajstić information content (AvgIpc) is 3.64. The number of hydrogen-bond donors (Lipinski definition) is 2. The molecule has 9 heteroatoms. The highest BCUT2D eigenvalue weighted by Gasteiger charge is 2.72. The molecule has 41 heavy (non-hydrogen) atoms. The lowest BCUT2D eigenvalue weighted by Crippen LogP contribution is -2.57. The number of rotatable bonds is 9. The molecule has 1 spiro atoms. The summed E-state index contributed by atoms with van der Waals surface area (Å²) in [6.45, 7) is 4.43. The standard InChI is InChI=1S/C32H44N4O4S/c1-3-23-13-7-8-17-35(23)18-19-36-28(30(38)33-21-10-5-4-6-11-21)32-16-15-25(40-32)26(27(32)31(36)39)29(37)34-22-12-9-14-24(20-22)41-2/h9,12,14-16,20-21,23,25-28H,3-8,10-11,13,17-19H2,1-2H3,(H,33,38)(H,34,37)/t23-,25-,26+,27-,28-,32+/m1/s1. The van der Waals surface area contributed by atoms with Gasteiger partial charge in [0.1, 0.15) is 11.6 Å². The van der Waals surface area contributed by atoms with Crippen LogP contribution in [-0.2, 0) is 19.1 Å². The Morgan fingerprint density at radius 3 is 2.66 bits per heavy atom. The number of nitrogens with one attached hydrogen (secondary N) is 2. The zero-order valence-corrected chi connectivity index (χ0v) is 25.2. The average molecular weight is 581 g/mol. The summed E-state index contributed by atoms with van der Waals surface area (Å²) in [6, 6.07) is 7.58. The van der Waals surface area contributed by atoms with Gasteiger partial charge in [-0.1, -0.05) is 50.8 Å². The molecule has 0 aromatic heterocycles. The monoisotopic (exact) mass is 580 g/mol. The highest BCUT2D eigenvalue weighted by atomic mass is 32.2. The predicted molar refractivity (Wildman–Crippen MR) is 161 cm³/mol. The van der Waals surface area contributed by atoms with Gasteiger partial charge in [0.2, 0.25) is 17.7 Å². The van der Waals surface area contributed by atoms with E-state index in [0.717, 1.165) is 56.5 Å². The summed E-state index contributed by atoms with van der Waals surface area (Å²) in [5.41, 5.74) is -0.414. The highest BCUT2D eigenvalue weighted by molar-refractivity contribution is 7.98. The number of fused-ring (bicyclic) bond motifs is 1. The molecule has 1 aromatic carbocycles. The molecule has 3 saturated heterocycles. The topological polar surface area (TPSA) is 91.0 Å². The Morgan fingerprint density at radius 2 is 1.88 bits per heavy atom. The molecule has 222 valence electrons. The Morgan fingerprint density at radius 1 is 1.07 bits per heavy atom. The summed E-state index contributed by atoms with van der Waals surface area (Å²) in [6.07, 6.45) is 15.3. The van der Waals surface area contributed by atoms with Gasteiger partial charge < -0.3 is 20.3 Å². The van der Waals surface area contributed by atoms with Crippen LogP contribution in [0.3, 0.4) is 0 Å². The van der Waals surface area contributed by atoms with Gasteiger partial charge >= 0.3 is 0 Å². The molecule has 2 bridgehead atoms. The van der Waals surface area contributed by atoms with E-state index in [1.54, 1.807) is 16.7 Å². The Hall–Kier alpha value is -2.36. The molecule has 4 heterocycles. The van der Waals surface area contributed by atoms with Crippen LogP contribution in [0.25, 0.3) is 0 Å². The van der Waals surface area contributed by atoms with E-state index in [1.807, 2.05) is 42.7 Å². The van der Waals surface area contributed by atoms with Crippen LogP contribution < -0.4 is 10.6 Å². The van der Waals surface area contributed by atoms with E-state index in [4.69, 9.17) is 4.74 Å². The lowest BCUT2D eigenvalue weighted by Gasteiger charge is -2.38. The van der Waals surface area contributed by atoms with Gasteiger partial charge in [0.15, 0.2) is 0 Å². The summed E-state index contributed by atoms with van der Waals surface area (Å²) in [7, 11) is 0. The summed E-state index contributed by atoms with van der Waals surface area (Å²) < 4.78 is 6.54. The van der Waals surface area contributed by atoms with Crippen LogP contribution >= 0.6 is 11.8 Å². The second kappa shape index (κ2) is 12.1. The minimum atomic E-state index is -1.12. The van der Waals surface area contributed by atoms with Crippen molar-refractivity contribution in [1.29, 1.82) is 0 Å². The summed E-state index contributed by atoms with van der Waals surface area (Å²) in [4.78, 5) is 47.4. The van der Waals surface area contributed by atoms with Crippen LogP contribution in [-0.4, -0.2) is 83.2 Å². The molecule has 4 fully saturated rings. The van der Waals surface area contributed by atoms with Gasteiger partial charge in [-0.15, -0.1) is 11.8 Å². The number of carbonyl (C=O) groups excluding carboxylic acids is 3. The molecule has 0 radical (unpaired) electrons. The largest absolute Gasteiger partial charge is 0.359 e. The number of hydrogen-bond acceptors (Lipinski definition) is 6. The van der Waals surface area contributed by atoms with E-state index in [-0.39, 0.29) is 23.8 Å². The molecule has 1 saturated carbocycles. The SMILES string of the molecule is CC[C@@H]1CCCCN1CCN1C(=O)[C@H]2[C@@H](C(=O)Nc3cccc(SC)c3)[C@H]3C=C[C@@]2(O3)[C@H]1C(=O)NC1CCCCC1. The van der Waals surface area contributed by atoms with Crippen LogP contribution in [0.15, 0.2) is 41.3 Å². The van der Waals surface area contributed by atoms with E-state index < -0.39 is 29.6 Å². The minimum Gasteiger partial charge on any atom is -0.359 e. The van der Waals surface area contributed by atoms with Crippen LogP contribution in [0, 0.1) is 11.8 Å². The van der Waals surface area contributed by atoms with Gasteiger partial charge in [0.25, 0.3) is 0 Å². The van der Waals surface area contributed by atoms with Gasteiger partial charge in [-0.25, -0.2) is 0 Å². The maximum absolute atomic E-state index is 14.3. The Bertz CT molecular complexity index is 1190. The lowest BCUT2D eigenvalue weighted by atomic mass is 9.74. The first-order valence-corrected chi connectivity index (χ1v) is 16.8. The van der Waals surface area contributed by atoms with Crippen molar-refractivity contribution < 1.29 is 19.1 Å². The molecule has 6 atom stereocenters. The second-order valence-corrected chi connectivity index (χ2v) is 13.3. The highest BCUT2D eigenvalue weighted by Crippen LogP contribution is 2.55. The zero-order valence-electron chi connectivity index (χ0n) is 24.3. The number of carbonyl (C=O) groups is 3. The van der Waals surface area contributed by atoms with Crippen LogP contribution in [0.4, 0.5) is 5.69 Å². The molecule has 3 amide bonds. The number of benzene rings is 1. The maximum atomic E-state index is 14.3. The predicted octanol–water partition coefficient (Wildman–Crippen LogP) is 4.21. The Kier molecular flexibility index (Phi) is 8.48. The van der Waals surface area contributed by atoms with E-state index in [2.05, 4.69) is 22.5 Å². The molecular weight excluding hydrogens is 536 g/mol. The molecule has 8 nitrogen and oxygen atoms in total. The Labute approximate surface area is 248 Å². The number of anilines is 1. The minimum absolute atomic E-state index is 0.126. The van der Waals surface area contributed by atoms with Gasteiger partial charge in [0.05, 0.1) is 17.9 Å². The first-order chi connectivity index (χ1) is 19.9. The van der Waals surface area contributed by atoms with Crippen molar-refractivity contribution in [3.05, 3.63) is 36.4 Å². The van der Waals surface area contributed by atoms with Crippen molar-refractivity contribution in [3.63, 3.8) is 0 Å². The first kappa shape index (κ1) is 28.7. The third-order valence-corrected chi connectivity index (χ3v) is 10.8. The van der Waals surface area contributed by atoms with Crippen molar-refractivity contribution in [1.82, 2.24) is 15.1 Å². The van der Waals surface area contributed by atoms with E-state index in [1.165, 1.54) is 19.3 Å². The van der Waals surface area contributed by atoms with Gasteiger partial charge in [-0.05, 0) is 63.1 Å². The third-order valence-electron chi connectivity index (χ3n) is 10.1. The molecular formula is C32H44N4O4S. The number of amides is 3. The van der Waals surface area contributed by atoms with Gasteiger partial charge in [0, 0.05) is 35.8 Å². The van der Waals surface area contributed by atoms with Crippen LogP contribution in [0.1, 0.15) is 64.7 Å². The first-order valence-electron chi connectivity index (χ1n) is 15.6. The van der Waals surface area contributed by atoms with Crippen LogP contribution in [0.5, 0.6) is 0 Å². The van der Waals surface area contributed by atoms with E-state index in [0.29, 0.717) is 18.3 Å². The quantitative estimate of drug-likeness (QED) is 0.336.